The van der Waals surface area contributed by atoms with Crippen LogP contribution in [0.3, 0.4) is 0 Å². The number of nitrogens with one attached hydrogen (secondary N) is 7. The quantitative estimate of drug-likeness (QED) is 0.0791. The predicted octanol–water partition coefficient (Wildman–Crippen LogP) is -6.81. The normalized spacial score (nSPS) is 24.4. The third-order valence-corrected chi connectivity index (χ3v) is 8.29. The fourth-order valence-corrected chi connectivity index (χ4v) is 4.93. The smallest absolute Gasteiger partial charge is 0.245 e. The van der Waals surface area contributed by atoms with Gasteiger partial charge in [0, 0.05) is 13.0 Å². The fourth-order valence-electron chi connectivity index (χ4n) is 4.93. The number of carbonyl (C=O) groups excluding carboxylic acids is 8. The maximum Gasteiger partial charge on any atom is 0.245 e. The number of carbonyl (C=O) groups is 8. The number of nitrogens with two attached hydrogens (primary N) is 2. The first kappa shape index (κ1) is 44.6. The summed E-state index contributed by atoms with van der Waals surface area (Å²) in [6, 6.07) is -10.3. The molecule has 1 rings (SSSR count). The summed E-state index contributed by atoms with van der Waals surface area (Å²) < 4.78 is 0. The van der Waals surface area contributed by atoms with Crippen LogP contribution in [0.15, 0.2) is 0 Å². The minimum atomic E-state index is -1.74. The van der Waals surface area contributed by atoms with Gasteiger partial charge >= 0.3 is 0 Å². The van der Waals surface area contributed by atoms with Crippen molar-refractivity contribution in [2.75, 3.05) is 26.4 Å². The van der Waals surface area contributed by atoms with Gasteiger partial charge in [-0.2, -0.15) is 0 Å². The first-order valence-electron chi connectivity index (χ1n) is 16.6. The van der Waals surface area contributed by atoms with Crippen LogP contribution in [0.25, 0.3) is 0 Å². The summed E-state index contributed by atoms with van der Waals surface area (Å²) in [5, 5.41) is 56.4. The van der Waals surface area contributed by atoms with E-state index in [9.17, 15) is 58.8 Å². The van der Waals surface area contributed by atoms with Crippen molar-refractivity contribution >= 4 is 47.3 Å². The lowest BCUT2D eigenvalue weighted by molar-refractivity contribution is -0.137. The SMILES string of the molecule is CC[C@H](C)[C@H](NC(=O)[C@H](CO)NC(=O)C1CCCCNC(=O)CCC(N[C@@H](CO)C(N)=O)C(=O)N[C@@H]([C@@H](C)O)C(=O)N[C@@H](CO)C(=O)N1)C(N)=O. The van der Waals surface area contributed by atoms with Gasteiger partial charge in [-0.1, -0.05) is 20.3 Å². The van der Waals surface area contributed by atoms with E-state index in [0.29, 0.717) is 6.42 Å². The van der Waals surface area contributed by atoms with Crippen molar-refractivity contribution in [2.45, 2.75) is 108 Å². The van der Waals surface area contributed by atoms with E-state index in [1.807, 2.05) is 0 Å². The standard InChI is InChI=1S/C30H53N9O12/c1-4-14(2)22(25(32)46)38-29(50)20(13-42)36-26(47)16-7-5-6-10-33-21(44)9-8-17(34-18(11-40)24(31)45)27(48)39-23(15(3)43)30(51)37-19(12-41)28(49)35-16/h14-20,22-23,34,40-43H,4-13H2,1-3H3,(H2,31,45)(H2,32,46)(H,33,44)(H,35,49)(H,36,47)(H,37,51)(H,38,50)(H,39,48)/t14-,15+,16?,17?,18-,19-,20-,22-,23-/m0/s1. The van der Waals surface area contributed by atoms with Crippen LogP contribution in [0.4, 0.5) is 0 Å². The van der Waals surface area contributed by atoms with Gasteiger partial charge in [0.2, 0.25) is 47.3 Å². The van der Waals surface area contributed by atoms with Crippen LogP contribution in [0, 0.1) is 5.92 Å². The van der Waals surface area contributed by atoms with E-state index < -0.39 is 115 Å². The number of aliphatic hydroxyl groups excluding tert-OH is 4. The van der Waals surface area contributed by atoms with Gasteiger partial charge in [-0.15, -0.1) is 0 Å². The Morgan fingerprint density at radius 2 is 1.49 bits per heavy atom. The van der Waals surface area contributed by atoms with Gasteiger partial charge in [0.15, 0.2) is 0 Å². The zero-order valence-electron chi connectivity index (χ0n) is 29.0. The van der Waals surface area contributed by atoms with E-state index in [4.69, 9.17) is 11.5 Å². The van der Waals surface area contributed by atoms with E-state index >= 15 is 0 Å². The largest absolute Gasteiger partial charge is 0.394 e. The molecule has 15 N–H and O–H groups in total. The Bertz CT molecular complexity index is 1240. The van der Waals surface area contributed by atoms with Gasteiger partial charge < -0.3 is 63.8 Å². The van der Waals surface area contributed by atoms with Gasteiger partial charge in [0.05, 0.1) is 32.0 Å². The highest BCUT2D eigenvalue weighted by atomic mass is 16.3. The van der Waals surface area contributed by atoms with E-state index in [1.165, 1.54) is 0 Å². The van der Waals surface area contributed by atoms with Crippen LogP contribution in [0.5, 0.6) is 0 Å². The average Bonchev–Trinajstić information content (AvgIpc) is 3.08. The Morgan fingerprint density at radius 1 is 0.843 bits per heavy atom. The number of hydrogen-bond donors (Lipinski definition) is 13. The molecule has 0 bridgehead atoms. The second-order valence-electron chi connectivity index (χ2n) is 12.3. The van der Waals surface area contributed by atoms with Crippen LogP contribution in [-0.4, -0.2) is 142 Å². The van der Waals surface area contributed by atoms with Gasteiger partial charge in [-0.25, -0.2) is 0 Å². The van der Waals surface area contributed by atoms with Gasteiger partial charge in [-0.05, 0) is 38.5 Å². The van der Waals surface area contributed by atoms with Gasteiger partial charge in [0.25, 0.3) is 0 Å². The molecular weight excluding hydrogens is 678 g/mol. The third kappa shape index (κ3) is 14.7. The van der Waals surface area contributed by atoms with E-state index in [-0.39, 0.29) is 44.6 Å². The van der Waals surface area contributed by atoms with Gasteiger partial charge in [0.1, 0.15) is 36.3 Å². The molecule has 8 amide bonds. The van der Waals surface area contributed by atoms with Crippen molar-refractivity contribution in [3.8, 4) is 0 Å². The molecule has 290 valence electrons. The average molecular weight is 732 g/mol. The summed E-state index contributed by atoms with van der Waals surface area (Å²) >= 11 is 0. The minimum absolute atomic E-state index is 0.0793. The molecule has 0 aromatic carbocycles. The lowest BCUT2D eigenvalue weighted by Gasteiger charge is -2.28. The molecule has 0 aliphatic carbocycles. The number of primary amides is 2. The highest BCUT2D eigenvalue weighted by Gasteiger charge is 2.35. The van der Waals surface area contributed by atoms with Crippen LogP contribution in [0.2, 0.25) is 0 Å². The zero-order chi connectivity index (χ0) is 38.8. The van der Waals surface area contributed by atoms with Crippen molar-refractivity contribution in [1.82, 2.24) is 37.2 Å². The van der Waals surface area contributed by atoms with Crippen LogP contribution in [-0.2, 0) is 38.4 Å². The van der Waals surface area contributed by atoms with E-state index in [1.54, 1.807) is 13.8 Å². The topological polar surface area (TPSA) is 354 Å². The molecule has 1 heterocycles. The Labute approximate surface area is 294 Å². The number of aliphatic hydroxyl groups is 4. The second kappa shape index (κ2) is 22.4. The van der Waals surface area contributed by atoms with Crippen molar-refractivity contribution in [3.05, 3.63) is 0 Å². The van der Waals surface area contributed by atoms with Crippen LogP contribution >= 0.6 is 0 Å². The Morgan fingerprint density at radius 3 is 2.02 bits per heavy atom. The van der Waals surface area contributed by atoms with Crippen molar-refractivity contribution in [1.29, 1.82) is 0 Å². The molecule has 0 spiro atoms. The molecular formula is C30H53N9O12. The number of hydrogen-bond acceptors (Lipinski definition) is 13. The summed E-state index contributed by atoms with van der Waals surface area (Å²) in [6.45, 7) is 2.00. The summed E-state index contributed by atoms with van der Waals surface area (Å²) in [7, 11) is 0. The predicted molar refractivity (Wildman–Crippen MR) is 177 cm³/mol. The maximum absolute atomic E-state index is 13.4. The Kier molecular flexibility index (Phi) is 19.6. The number of amides is 8. The minimum Gasteiger partial charge on any atom is -0.394 e. The number of rotatable bonds is 14. The highest BCUT2D eigenvalue weighted by molar-refractivity contribution is 5.97. The second-order valence-corrected chi connectivity index (χ2v) is 12.3. The molecule has 1 aliphatic rings. The monoisotopic (exact) mass is 731 g/mol. The van der Waals surface area contributed by atoms with Gasteiger partial charge in [-0.3, -0.25) is 43.7 Å². The molecule has 1 aliphatic heterocycles. The third-order valence-electron chi connectivity index (χ3n) is 8.29. The van der Waals surface area contributed by atoms with E-state index in [0.717, 1.165) is 6.92 Å². The van der Waals surface area contributed by atoms with Crippen LogP contribution in [0.1, 0.15) is 59.3 Å². The Balaban J connectivity index is 3.31. The summed E-state index contributed by atoms with van der Waals surface area (Å²) in [4.78, 5) is 102. The molecule has 21 heteroatoms. The van der Waals surface area contributed by atoms with Crippen LogP contribution < -0.4 is 48.7 Å². The van der Waals surface area contributed by atoms with Crippen molar-refractivity contribution < 1.29 is 58.8 Å². The maximum atomic E-state index is 13.4. The molecule has 0 saturated carbocycles. The summed E-state index contributed by atoms with van der Waals surface area (Å²) in [5.74, 6) is -7.76. The molecule has 0 aromatic rings. The lowest BCUT2D eigenvalue weighted by atomic mass is 9.98. The molecule has 1 saturated heterocycles. The Hall–Kier alpha value is -4.44. The first-order valence-corrected chi connectivity index (χ1v) is 16.6. The molecule has 0 aromatic heterocycles. The lowest BCUT2D eigenvalue weighted by Crippen LogP contribution is -2.62. The zero-order valence-corrected chi connectivity index (χ0v) is 29.0. The molecule has 51 heavy (non-hydrogen) atoms. The summed E-state index contributed by atoms with van der Waals surface area (Å²) in [6.07, 6.45) is -1.20. The highest BCUT2D eigenvalue weighted by Crippen LogP contribution is 2.09. The molecule has 9 atom stereocenters. The molecule has 1 fully saturated rings. The summed E-state index contributed by atoms with van der Waals surface area (Å²) in [5.41, 5.74) is 10.7. The molecule has 0 radical (unpaired) electrons. The first-order chi connectivity index (χ1) is 24.0. The van der Waals surface area contributed by atoms with E-state index in [2.05, 4.69) is 37.2 Å². The fraction of sp³-hybridized carbons (Fsp3) is 0.733. The molecule has 2 unspecified atom stereocenters. The molecule has 21 nitrogen and oxygen atoms in total. The van der Waals surface area contributed by atoms with Crippen molar-refractivity contribution in [3.63, 3.8) is 0 Å². The van der Waals surface area contributed by atoms with Crippen molar-refractivity contribution in [2.24, 2.45) is 17.4 Å².